The Labute approximate surface area is 163 Å². The number of ether oxygens (including phenoxy) is 1. The van der Waals surface area contributed by atoms with Gasteiger partial charge in [-0.05, 0) is 30.3 Å². The van der Waals surface area contributed by atoms with Crippen LogP contribution in [0, 0.1) is 11.6 Å². The van der Waals surface area contributed by atoms with E-state index in [-0.39, 0.29) is 12.2 Å². The van der Waals surface area contributed by atoms with E-state index in [2.05, 4.69) is 10.6 Å². The fourth-order valence-electron chi connectivity index (χ4n) is 2.84. The van der Waals surface area contributed by atoms with E-state index in [4.69, 9.17) is 4.74 Å². The molecule has 3 aromatic rings. The monoisotopic (exact) mass is 400 g/mol. The maximum absolute atomic E-state index is 13.2. The molecule has 0 fully saturated rings. The lowest BCUT2D eigenvalue weighted by atomic mass is 10.1. The van der Waals surface area contributed by atoms with E-state index >= 15 is 0 Å². The third-order valence-electron chi connectivity index (χ3n) is 4.16. The van der Waals surface area contributed by atoms with Crippen LogP contribution >= 0.6 is 11.3 Å². The average molecular weight is 400 g/mol. The zero-order valence-corrected chi connectivity index (χ0v) is 15.2. The lowest BCUT2D eigenvalue weighted by Gasteiger charge is -2.16. The van der Waals surface area contributed by atoms with Gasteiger partial charge in [0.2, 0.25) is 5.91 Å². The van der Waals surface area contributed by atoms with Crippen molar-refractivity contribution < 1.29 is 23.1 Å². The molecule has 142 valence electrons. The van der Waals surface area contributed by atoms with Crippen LogP contribution in [0.1, 0.15) is 15.2 Å². The molecule has 0 aliphatic carbocycles. The van der Waals surface area contributed by atoms with E-state index in [1.165, 1.54) is 17.4 Å². The molecule has 0 spiro atoms. The number of amides is 2. The zero-order valence-electron chi connectivity index (χ0n) is 14.4. The Balaban J connectivity index is 1.40. The number of carbonyl (C=O) groups excluding carboxylic acids is 2. The van der Waals surface area contributed by atoms with Crippen LogP contribution in [0.25, 0.3) is 10.4 Å². The number of para-hydroxylation sites is 1. The molecule has 5 nitrogen and oxygen atoms in total. The van der Waals surface area contributed by atoms with Gasteiger partial charge < -0.3 is 15.4 Å². The van der Waals surface area contributed by atoms with Gasteiger partial charge in [0.25, 0.3) is 5.91 Å². The Morgan fingerprint density at radius 3 is 2.71 bits per heavy atom. The fourth-order valence-corrected chi connectivity index (χ4v) is 3.95. The van der Waals surface area contributed by atoms with Gasteiger partial charge in [-0.3, -0.25) is 9.59 Å². The van der Waals surface area contributed by atoms with Crippen LogP contribution < -0.4 is 15.4 Å². The standard InChI is InChI=1S/C20H14F2N2O3S/c21-14-6-5-12(8-15(14)22)24-18(25)9-23-20(26)17-7-11-10-27-16-4-2-1-3-13(16)19(11)28-17/h1-8H,9-10H2,(H,23,26)(H,24,25). The predicted octanol–water partition coefficient (Wildman–Crippen LogP) is 3.95. The molecule has 2 heterocycles. The molecule has 2 amide bonds. The second kappa shape index (κ2) is 7.40. The van der Waals surface area contributed by atoms with Gasteiger partial charge >= 0.3 is 0 Å². The van der Waals surface area contributed by atoms with Crippen molar-refractivity contribution in [1.82, 2.24) is 5.32 Å². The topological polar surface area (TPSA) is 67.4 Å². The second-order valence-corrected chi connectivity index (χ2v) is 7.16. The van der Waals surface area contributed by atoms with Crippen molar-refractivity contribution in [2.24, 2.45) is 0 Å². The van der Waals surface area contributed by atoms with Crippen LogP contribution in [0.3, 0.4) is 0 Å². The number of anilines is 1. The number of thiophene rings is 1. The van der Waals surface area contributed by atoms with E-state index in [1.54, 1.807) is 6.07 Å². The molecule has 2 N–H and O–H groups in total. The van der Waals surface area contributed by atoms with Crippen LogP contribution in [-0.4, -0.2) is 18.4 Å². The number of rotatable bonds is 4. The van der Waals surface area contributed by atoms with Crippen LogP contribution in [-0.2, 0) is 11.4 Å². The van der Waals surface area contributed by atoms with Gasteiger partial charge in [0, 0.05) is 27.8 Å². The summed E-state index contributed by atoms with van der Waals surface area (Å²) in [6, 6.07) is 12.4. The van der Waals surface area contributed by atoms with Crippen molar-refractivity contribution in [3.05, 3.63) is 70.6 Å². The lowest BCUT2D eigenvalue weighted by Crippen LogP contribution is -2.32. The third-order valence-corrected chi connectivity index (χ3v) is 5.37. The van der Waals surface area contributed by atoms with E-state index in [9.17, 15) is 18.4 Å². The fraction of sp³-hybridized carbons (Fsp3) is 0.100. The SMILES string of the molecule is O=C(CNC(=O)c1cc2c(s1)-c1ccccc1OC2)Nc1ccc(F)c(F)c1. The minimum absolute atomic E-state index is 0.110. The average Bonchev–Trinajstić information content (AvgIpc) is 3.14. The Kier molecular flexibility index (Phi) is 4.79. The highest BCUT2D eigenvalue weighted by Gasteiger charge is 2.22. The molecule has 0 saturated heterocycles. The Morgan fingerprint density at radius 2 is 1.89 bits per heavy atom. The minimum atomic E-state index is -1.06. The summed E-state index contributed by atoms with van der Waals surface area (Å²) in [5.41, 5.74) is 1.96. The summed E-state index contributed by atoms with van der Waals surface area (Å²) in [7, 11) is 0. The largest absolute Gasteiger partial charge is 0.488 e. The third kappa shape index (κ3) is 3.59. The van der Waals surface area contributed by atoms with Crippen molar-refractivity contribution in [3.8, 4) is 16.2 Å². The molecular formula is C20H14F2N2O3S. The molecule has 0 atom stereocenters. The molecule has 0 radical (unpaired) electrons. The first-order chi connectivity index (χ1) is 13.5. The first kappa shape index (κ1) is 18.1. The molecular weight excluding hydrogens is 386 g/mol. The van der Waals surface area contributed by atoms with Gasteiger partial charge in [0.1, 0.15) is 12.4 Å². The molecule has 2 aromatic carbocycles. The van der Waals surface area contributed by atoms with E-state index in [1.807, 2.05) is 24.3 Å². The number of halogens is 2. The summed E-state index contributed by atoms with van der Waals surface area (Å²) < 4.78 is 31.8. The Bertz CT molecular complexity index is 1080. The molecule has 28 heavy (non-hydrogen) atoms. The van der Waals surface area contributed by atoms with Gasteiger partial charge in [0.15, 0.2) is 11.6 Å². The quantitative estimate of drug-likeness (QED) is 0.697. The van der Waals surface area contributed by atoms with Crippen LogP contribution in [0.2, 0.25) is 0 Å². The molecule has 0 saturated carbocycles. The molecule has 1 aliphatic heterocycles. The van der Waals surface area contributed by atoms with E-state index in [0.717, 1.165) is 33.9 Å². The van der Waals surface area contributed by atoms with Crippen molar-refractivity contribution in [2.45, 2.75) is 6.61 Å². The zero-order chi connectivity index (χ0) is 19.7. The van der Waals surface area contributed by atoms with Gasteiger partial charge in [0.05, 0.1) is 11.4 Å². The van der Waals surface area contributed by atoms with E-state index < -0.39 is 23.4 Å². The van der Waals surface area contributed by atoms with Crippen LogP contribution in [0.15, 0.2) is 48.5 Å². The number of carbonyl (C=O) groups is 2. The number of hydrogen-bond acceptors (Lipinski definition) is 4. The minimum Gasteiger partial charge on any atom is -0.488 e. The first-order valence-corrected chi connectivity index (χ1v) is 9.21. The maximum Gasteiger partial charge on any atom is 0.261 e. The maximum atomic E-state index is 13.2. The molecule has 0 unspecified atom stereocenters. The van der Waals surface area contributed by atoms with Crippen molar-refractivity contribution in [1.29, 1.82) is 0 Å². The van der Waals surface area contributed by atoms with Crippen LogP contribution in [0.4, 0.5) is 14.5 Å². The lowest BCUT2D eigenvalue weighted by molar-refractivity contribution is -0.115. The van der Waals surface area contributed by atoms with Gasteiger partial charge in [-0.15, -0.1) is 11.3 Å². The Hall–Kier alpha value is -3.26. The summed E-state index contributed by atoms with van der Waals surface area (Å²) in [6.07, 6.45) is 0. The Morgan fingerprint density at radius 1 is 1.07 bits per heavy atom. The number of benzene rings is 2. The van der Waals surface area contributed by atoms with Crippen molar-refractivity contribution >= 4 is 28.8 Å². The summed E-state index contributed by atoms with van der Waals surface area (Å²) in [4.78, 5) is 25.8. The van der Waals surface area contributed by atoms with E-state index in [0.29, 0.717) is 11.5 Å². The molecule has 8 heteroatoms. The molecule has 4 rings (SSSR count). The normalized spacial score (nSPS) is 11.8. The summed E-state index contributed by atoms with van der Waals surface area (Å²) in [5.74, 6) is -2.23. The highest BCUT2D eigenvalue weighted by molar-refractivity contribution is 7.17. The second-order valence-electron chi connectivity index (χ2n) is 6.11. The number of hydrogen-bond donors (Lipinski definition) is 2. The number of nitrogens with one attached hydrogen (secondary N) is 2. The number of fused-ring (bicyclic) bond motifs is 3. The first-order valence-electron chi connectivity index (χ1n) is 8.39. The van der Waals surface area contributed by atoms with Gasteiger partial charge in [-0.25, -0.2) is 8.78 Å². The van der Waals surface area contributed by atoms with Gasteiger partial charge in [-0.1, -0.05) is 12.1 Å². The van der Waals surface area contributed by atoms with Gasteiger partial charge in [-0.2, -0.15) is 0 Å². The molecule has 1 aliphatic rings. The predicted molar refractivity (Wildman–Crippen MR) is 101 cm³/mol. The van der Waals surface area contributed by atoms with Crippen LogP contribution in [0.5, 0.6) is 5.75 Å². The summed E-state index contributed by atoms with van der Waals surface area (Å²) in [5, 5.41) is 4.93. The smallest absolute Gasteiger partial charge is 0.261 e. The highest BCUT2D eigenvalue weighted by Crippen LogP contribution is 2.42. The highest BCUT2D eigenvalue weighted by atomic mass is 32.1. The van der Waals surface area contributed by atoms with Crippen molar-refractivity contribution in [2.75, 3.05) is 11.9 Å². The molecule has 1 aromatic heterocycles. The summed E-state index contributed by atoms with van der Waals surface area (Å²) >= 11 is 1.33. The summed E-state index contributed by atoms with van der Waals surface area (Å²) in [6.45, 7) is 0.0836. The van der Waals surface area contributed by atoms with Crippen molar-refractivity contribution in [3.63, 3.8) is 0 Å². The molecule has 0 bridgehead atoms.